The van der Waals surface area contributed by atoms with Crippen LogP contribution in [0.25, 0.3) is 0 Å². The van der Waals surface area contributed by atoms with Gasteiger partial charge in [0.1, 0.15) is 11.8 Å². The second-order valence-electron chi connectivity index (χ2n) is 5.60. The number of rotatable bonds is 7. The van der Waals surface area contributed by atoms with Gasteiger partial charge in [-0.3, -0.25) is 9.69 Å². The van der Waals surface area contributed by atoms with Crippen LogP contribution in [0, 0.1) is 0 Å². The van der Waals surface area contributed by atoms with E-state index >= 15 is 0 Å². The Morgan fingerprint density at radius 1 is 1.39 bits per heavy atom. The summed E-state index contributed by atoms with van der Waals surface area (Å²) in [4.78, 5) is 14.0. The van der Waals surface area contributed by atoms with Crippen molar-refractivity contribution in [2.24, 2.45) is 5.73 Å². The molecule has 23 heavy (non-hydrogen) atoms. The summed E-state index contributed by atoms with van der Waals surface area (Å²) >= 11 is 0. The van der Waals surface area contributed by atoms with Crippen LogP contribution in [0.3, 0.4) is 0 Å². The van der Waals surface area contributed by atoms with E-state index in [4.69, 9.17) is 19.9 Å². The van der Waals surface area contributed by atoms with E-state index in [-0.39, 0.29) is 5.97 Å². The van der Waals surface area contributed by atoms with Gasteiger partial charge in [0.15, 0.2) is 0 Å². The van der Waals surface area contributed by atoms with Gasteiger partial charge in [-0.25, -0.2) is 0 Å². The Morgan fingerprint density at radius 2 is 2.13 bits per heavy atom. The van der Waals surface area contributed by atoms with Crippen LogP contribution in [0.4, 0.5) is 0 Å². The first-order valence-corrected chi connectivity index (χ1v) is 8.02. The Bertz CT molecular complexity index is 515. The molecule has 128 valence electrons. The molecule has 0 aliphatic carbocycles. The van der Waals surface area contributed by atoms with Crippen molar-refractivity contribution >= 4 is 5.97 Å². The number of esters is 1. The predicted octanol–water partition coefficient (Wildman–Crippen LogP) is 0.960. The third kappa shape index (κ3) is 5.20. The van der Waals surface area contributed by atoms with Crippen molar-refractivity contribution in [2.45, 2.75) is 25.9 Å². The van der Waals surface area contributed by atoms with Gasteiger partial charge in [0, 0.05) is 25.2 Å². The summed E-state index contributed by atoms with van der Waals surface area (Å²) < 4.78 is 15.8. The zero-order valence-corrected chi connectivity index (χ0v) is 13.9. The summed E-state index contributed by atoms with van der Waals surface area (Å²) in [6.45, 7) is 6.27. The van der Waals surface area contributed by atoms with Gasteiger partial charge in [-0.05, 0) is 25.0 Å². The molecule has 1 unspecified atom stereocenters. The average Bonchev–Trinajstić information content (AvgIpc) is 2.56. The number of carbonyl (C=O) groups is 1. The van der Waals surface area contributed by atoms with Crippen molar-refractivity contribution in [2.75, 3.05) is 40.0 Å². The largest absolute Gasteiger partial charge is 0.496 e. The van der Waals surface area contributed by atoms with Crippen LogP contribution in [0.15, 0.2) is 18.2 Å². The molecule has 0 aromatic heterocycles. The smallest absolute Gasteiger partial charge is 0.323 e. The Labute approximate surface area is 137 Å². The molecule has 0 amide bonds. The SMILES string of the molecule is CCOC(=O)C(N)Cc1ccc(OC)c(CN2CCOCC2)c1. The predicted molar refractivity (Wildman–Crippen MR) is 87.4 cm³/mol. The van der Waals surface area contributed by atoms with Gasteiger partial charge in [0.25, 0.3) is 0 Å². The highest BCUT2D eigenvalue weighted by Crippen LogP contribution is 2.23. The minimum absolute atomic E-state index is 0.345. The second kappa shape index (κ2) is 8.86. The highest BCUT2D eigenvalue weighted by Gasteiger charge is 2.17. The molecule has 1 aliphatic heterocycles. The summed E-state index contributed by atoms with van der Waals surface area (Å²) in [6.07, 6.45) is 0.457. The lowest BCUT2D eigenvalue weighted by Gasteiger charge is -2.27. The van der Waals surface area contributed by atoms with E-state index in [1.54, 1.807) is 14.0 Å². The lowest BCUT2D eigenvalue weighted by Crippen LogP contribution is -2.36. The minimum atomic E-state index is -0.639. The van der Waals surface area contributed by atoms with E-state index in [9.17, 15) is 4.79 Å². The Morgan fingerprint density at radius 3 is 2.78 bits per heavy atom. The zero-order valence-electron chi connectivity index (χ0n) is 13.9. The van der Waals surface area contributed by atoms with Crippen LogP contribution >= 0.6 is 0 Å². The van der Waals surface area contributed by atoms with Crippen molar-refractivity contribution in [3.05, 3.63) is 29.3 Å². The fourth-order valence-electron chi connectivity index (χ4n) is 2.67. The second-order valence-corrected chi connectivity index (χ2v) is 5.60. The molecule has 2 rings (SSSR count). The lowest BCUT2D eigenvalue weighted by atomic mass is 10.0. The highest BCUT2D eigenvalue weighted by molar-refractivity contribution is 5.75. The number of hydrogen-bond acceptors (Lipinski definition) is 6. The van der Waals surface area contributed by atoms with Crippen LogP contribution < -0.4 is 10.5 Å². The molecule has 1 heterocycles. The van der Waals surface area contributed by atoms with Crippen molar-refractivity contribution in [3.63, 3.8) is 0 Å². The normalized spacial score (nSPS) is 16.8. The number of benzene rings is 1. The number of morpholine rings is 1. The van der Waals surface area contributed by atoms with E-state index in [0.717, 1.165) is 49.7 Å². The molecule has 0 saturated carbocycles. The average molecular weight is 322 g/mol. The van der Waals surface area contributed by atoms with Gasteiger partial charge in [0.05, 0.1) is 26.9 Å². The molecule has 1 aromatic rings. The van der Waals surface area contributed by atoms with Crippen molar-refractivity contribution in [1.82, 2.24) is 4.90 Å². The van der Waals surface area contributed by atoms with E-state index < -0.39 is 6.04 Å². The van der Waals surface area contributed by atoms with E-state index in [0.29, 0.717) is 13.0 Å². The lowest BCUT2D eigenvalue weighted by molar-refractivity contribution is -0.144. The zero-order chi connectivity index (χ0) is 16.7. The Hall–Kier alpha value is -1.63. The van der Waals surface area contributed by atoms with Gasteiger partial charge in [-0.15, -0.1) is 0 Å². The third-order valence-electron chi connectivity index (χ3n) is 3.89. The molecule has 6 heteroatoms. The van der Waals surface area contributed by atoms with E-state index in [2.05, 4.69) is 11.0 Å². The summed E-state index contributed by atoms with van der Waals surface area (Å²) in [7, 11) is 1.67. The Kier molecular flexibility index (Phi) is 6.83. The maximum Gasteiger partial charge on any atom is 0.323 e. The van der Waals surface area contributed by atoms with E-state index in [1.807, 2.05) is 12.1 Å². The number of hydrogen-bond donors (Lipinski definition) is 1. The van der Waals surface area contributed by atoms with Crippen LogP contribution in [-0.2, 0) is 27.2 Å². The van der Waals surface area contributed by atoms with Gasteiger partial charge in [-0.1, -0.05) is 12.1 Å². The third-order valence-corrected chi connectivity index (χ3v) is 3.89. The van der Waals surface area contributed by atoms with E-state index in [1.165, 1.54) is 0 Å². The molecule has 1 aromatic carbocycles. The highest BCUT2D eigenvalue weighted by atomic mass is 16.5. The summed E-state index contributed by atoms with van der Waals surface area (Å²) in [5, 5.41) is 0. The molecule has 1 saturated heterocycles. The molecule has 1 fully saturated rings. The molecule has 1 atom stereocenters. The van der Waals surface area contributed by atoms with Crippen LogP contribution in [0.1, 0.15) is 18.1 Å². The van der Waals surface area contributed by atoms with Gasteiger partial charge in [-0.2, -0.15) is 0 Å². The molecular formula is C17H26N2O4. The Balaban J connectivity index is 2.06. The molecule has 0 radical (unpaired) electrons. The van der Waals surface area contributed by atoms with Crippen LogP contribution in [-0.4, -0.2) is 56.9 Å². The van der Waals surface area contributed by atoms with Crippen molar-refractivity contribution in [3.8, 4) is 5.75 Å². The number of nitrogens with zero attached hydrogens (tertiary/aromatic N) is 1. The summed E-state index contributed by atoms with van der Waals surface area (Å²) in [5.41, 5.74) is 8.02. The molecular weight excluding hydrogens is 296 g/mol. The standard InChI is InChI=1S/C17H26N2O4/c1-3-23-17(20)15(18)11-13-4-5-16(21-2)14(10-13)12-19-6-8-22-9-7-19/h4-5,10,15H,3,6-9,11-12,18H2,1-2H3. The van der Waals surface area contributed by atoms with Crippen LogP contribution in [0.2, 0.25) is 0 Å². The number of methoxy groups -OCH3 is 1. The monoisotopic (exact) mass is 322 g/mol. The van der Waals surface area contributed by atoms with Crippen LogP contribution in [0.5, 0.6) is 5.75 Å². The number of nitrogens with two attached hydrogens (primary N) is 1. The molecule has 0 spiro atoms. The first kappa shape index (κ1) is 17.7. The van der Waals surface area contributed by atoms with Gasteiger partial charge in [0.2, 0.25) is 0 Å². The fourth-order valence-corrected chi connectivity index (χ4v) is 2.67. The quantitative estimate of drug-likeness (QED) is 0.754. The van der Waals surface area contributed by atoms with Crippen molar-refractivity contribution in [1.29, 1.82) is 0 Å². The number of carbonyl (C=O) groups excluding carboxylic acids is 1. The van der Waals surface area contributed by atoms with Gasteiger partial charge >= 0.3 is 5.97 Å². The molecule has 0 bridgehead atoms. The molecule has 6 nitrogen and oxygen atoms in total. The molecule has 1 aliphatic rings. The fraction of sp³-hybridized carbons (Fsp3) is 0.588. The minimum Gasteiger partial charge on any atom is -0.496 e. The maximum absolute atomic E-state index is 11.7. The molecule has 2 N–H and O–H groups in total. The summed E-state index contributed by atoms with van der Waals surface area (Å²) in [6, 6.07) is 5.30. The number of ether oxygens (including phenoxy) is 3. The maximum atomic E-state index is 11.7. The summed E-state index contributed by atoms with van der Waals surface area (Å²) in [5.74, 6) is 0.489. The van der Waals surface area contributed by atoms with Crippen molar-refractivity contribution < 1.29 is 19.0 Å². The van der Waals surface area contributed by atoms with Gasteiger partial charge < -0.3 is 19.9 Å². The first-order valence-electron chi connectivity index (χ1n) is 8.02. The topological polar surface area (TPSA) is 74.0 Å². The first-order chi connectivity index (χ1) is 11.1.